The zero-order valence-electron chi connectivity index (χ0n) is 6.30. The van der Waals surface area contributed by atoms with Crippen molar-refractivity contribution < 1.29 is 0 Å². The van der Waals surface area contributed by atoms with Gasteiger partial charge in [0.15, 0.2) is 0 Å². The summed E-state index contributed by atoms with van der Waals surface area (Å²) in [6.07, 6.45) is 1.15. The zero-order chi connectivity index (χ0) is 7.40. The quantitative estimate of drug-likeness (QED) is 0.384. The van der Waals surface area contributed by atoms with E-state index in [-0.39, 0.29) is 0 Å². The number of nitrogens with zero attached hydrogens (tertiary/aromatic N) is 2. The number of hydrazone groups is 1. The molecule has 1 aliphatic heterocycles. The molecule has 0 aromatic carbocycles. The van der Waals surface area contributed by atoms with E-state index in [1.165, 1.54) is 0 Å². The molecule has 10 heavy (non-hydrogen) atoms. The minimum Gasteiger partial charge on any atom is -0.386 e. The Hall–Kier alpha value is -0.770. The zero-order valence-corrected chi connectivity index (χ0v) is 6.30. The van der Waals surface area contributed by atoms with Gasteiger partial charge in [-0.25, -0.2) is 0 Å². The Morgan fingerprint density at radius 2 is 2.50 bits per heavy atom. The molecule has 1 saturated heterocycles. The van der Waals surface area contributed by atoms with Gasteiger partial charge in [-0.05, 0) is 19.9 Å². The van der Waals surface area contributed by atoms with Gasteiger partial charge < -0.3 is 5.73 Å². The SMILES string of the molecule is C/C(N)=N/N1CCCNC1. The highest BCUT2D eigenvalue weighted by atomic mass is 15.5. The Kier molecular flexibility index (Phi) is 2.50. The van der Waals surface area contributed by atoms with Crippen molar-refractivity contribution in [3.8, 4) is 0 Å². The molecule has 0 amide bonds. The van der Waals surface area contributed by atoms with E-state index in [0.717, 1.165) is 26.2 Å². The van der Waals surface area contributed by atoms with Gasteiger partial charge in [-0.1, -0.05) is 0 Å². The molecule has 0 atom stereocenters. The number of nitrogens with two attached hydrogens (primary N) is 1. The van der Waals surface area contributed by atoms with Crippen molar-refractivity contribution in [2.75, 3.05) is 19.8 Å². The number of rotatable bonds is 1. The summed E-state index contributed by atoms with van der Waals surface area (Å²) in [6.45, 7) is 4.74. The molecular formula is C6H14N4. The lowest BCUT2D eigenvalue weighted by atomic mass is 10.4. The fraction of sp³-hybridized carbons (Fsp3) is 0.833. The van der Waals surface area contributed by atoms with Crippen molar-refractivity contribution in [1.82, 2.24) is 10.3 Å². The Balaban J connectivity index is 2.33. The average Bonchev–Trinajstić information content (AvgIpc) is 1.88. The summed E-state index contributed by atoms with van der Waals surface area (Å²) in [4.78, 5) is 0. The second-order valence-corrected chi connectivity index (χ2v) is 2.48. The number of hydrogen-bond donors (Lipinski definition) is 2. The van der Waals surface area contributed by atoms with Gasteiger partial charge in [-0.15, -0.1) is 0 Å². The summed E-state index contributed by atoms with van der Waals surface area (Å²) in [5.41, 5.74) is 5.40. The van der Waals surface area contributed by atoms with E-state index in [1.54, 1.807) is 6.92 Å². The van der Waals surface area contributed by atoms with Gasteiger partial charge in [0.2, 0.25) is 0 Å². The Morgan fingerprint density at radius 1 is 1.70 bits per heavy atom. The normalized spacial score (nSPS) is 21.3. The standard InChI is InChI=1S/C6H14N4/c1-6(7)9-10-4-2-3-8-5-10/h8H,2-5H2,1H3,(H2,7,9). The smallest absolute Gasteiger partial charge is 0.116 e. The first-order chi connectivity index (χ1) is 4.79. The van der Waals surface area contributed by atoms with E-state index in [2.05, 4.69) is 10.4 Å². The Bertz CT molecular complexity index is 122. The van der Waals surface area contributed by atoms with Crippen molar-refractivity contribution in [3.05, 3.63) is 0 Å². The largest absolute Gasteiger partial charge is 0.386 e. The Labute approximate surface area is 61.1 Å². The van der Waals surface area contributed by atoms with Crippen molar-refractivity contribution in [2.45, 2.75) is 13.3 Å². The third-order valence-electron chi connectivity index (χ3n) is 1.36. The van der Waals surface area contributed by atoms with Crippen LogP contribution in [0.15, 0.2) is 5.10 Å². The summed E-state index contributed by atoms with van der Waals surface area (Å²) in [5.74, 6) is 0.628. The van der Waals surface area contributed by atoms with E-state index in [4.69, 9.17) is 5.73 Å². The predicted octanol–water partition coefficient (Wildman–Crippen LogP) is -0.469. The topological polar surface area (TPSA) is 53.6 Å². The monoisotopic (exact) mass is 142 g/mol. The molecule has 1 aliphatic rings. The van der Waals surface area contributed by atoms with Crippen LogP contribution in [0.1, 0.15) is 13.3 Å². The maximum Gasteiger partial charge on any atom is 0.116 e. The highest BCUT2D eigenvalue weighted by Crippen LogP contribution is 1.95. The van der Waals surface area contributed by atoms with E-state index in [0.29, 0.717) is 5.84 Å². The summed E-state index contributed by atoms with van der Waals surface area (Å²) in [6, 6.07) is 0. The third kappa shape index (κ3) is 2.23. The highest BCUT2D eigenvalue weighted by Gasteiger charge is 2.04. The molecule has 1 heterocycles. The van der Waals surface area contributed by atoms with Crippen molar-refractivity contribution in [3.63, 3.8) is 0 Å². The third-order valence-corrected chi connectivity index (χ3v) is 1.36. The molecule has 0 radical (unpaired) electrons. The highest BCUT2D eigenvalue weighted by molar-refractivity contribution is 5.77. The predicted molar refractivity (Wildman–Crippen MR) is 41.5 cm³/mol. The number of amidine groups is 1. The molecule has 0 bridgehead atoms. The van der Waals surface area contributed by atoms with Crippen molar-refractivity contribution >= 4 is 5.84 Å². The van der Waals surface area contributed by atoms with Crippen LogP contribution in [-0.4, -0.2) is 30.6 Å². The molecule has 1 fully saturated rings. The molecule has 0 spiro atoms. The molecular weight excluding hydrogens is 128 g/mol. The lowest BCUT2D eigenvalue weighted by molar-refractivity contribution is 0.225. The van der Waals surface area contributed by atoms with Crippen LogP contribution in [0.3, 0.4) is 0 Å². The second-order valence-electron chi connectivity index (χ2n) is 2.48. The first-order valence-electron chi connectivity index (χ1n) is 3.55. The lowest BCUT2D eigenvalue weighted by Crippen LogP contribution is -2.39. The van der Waals surface area contributed by atoms with Crippen molar-refractivity contribution in [2.24, 2.45) is 10.8 Å². The molecule has 0 aromatic heterocycles. The molecule has 4 nitrogen and oxygen atoms in total. The molecule has 1 rings (SSSR count). The molecule has 0 saturated carbocycles. The van der Waals surface area contributed by atoms with Gasteiger partial charge >= 0.3 is 0 Å². The van der Waals surface area contributed by atoms with Crippen molar-refractivity contribution in [1.29, 1.82) is 0 Å². The van der Waals surface area contributed by atoms with Crippen LogP contribution < -0.4 is 11.1 Å². The maximum absolute atomic E-state index is 5.40. The van der Waals surface area contributed by atoms with E-state index >= 15 is 0 Å². The number of nitrogens with one attached hydrogen (secondary N) is 1. The summed E-state index contributed by atoms with van der Waals surface area (Å²) < 4.78 is 0. The second kappa shape index (κ2) is 3.41. The van der Waals surface area contributed by atoms with Gasteiger partial charge in [0.1, 0.15) is 5.84 Å². The van der Waals surface area contributed by atoms with Gasteiger partial charge in [0, 0.05) is 6.54 Å². The van der Waals surface area contributed by atoms with E-state index in [9.17, 15) is 0 Å². The summed E-state index contributed by atoms with van der Waals surface area (Å²) in [7, 11) is 0. The summed E-state index contributed by atoms with van der Waals surface area (Å²) in [5, 5.41) is 9.25. The van der Waals surface area contributed by atoms with Gasteiger partial charge in [-0.3, -0.25) is 10.3 Å². The molecule has 0 aromatic rings. The molecule has 3 N–H and O–H groups in total. The lowest BCUT2D eigenvalue weighted by Gasteiger charge is -2.24. The van der Waals surface area contributed by atoms with Gasteiger partial charge in [0.05, 0.1) is 6.67 Å². The van der Waals surface area contributed by atoms with Crippen LogP contribution in [-0.2, 0) is 0 Å². The van der Waals surface area contributed by atoms with Crippen LogP contribution in [0.25, 0.3) is 0 Å². The van der Waals surface area contributed by atoms with Crippen LogP contribution in [0.2, 0.25) is 0 Å². The van der Waals surface area contributed by atoms with Crippen LogP contribution in [0.4, 0.5) is 0 Å². The first-order valence-corrected chi connectivity index (χ1v) is 3.55. The fourth-order valence-corrected chi connectivity index (χ4v) is 0.982. The van der Waals surface area contributed by atoms with Crippen LogP contribution >= 0.6 is 0 Å². The first kappa shape index (κ1) is 7.34. The summed E-state index contributed by atoms with van der Waals surface area (Å²) >= 11 is 0. The minimum atomic E-state index is 0.628. The molecule has 0 unspecified atom stereocenters. The van der Waals surface area contributed by atoms with Gasteiger partial charge in [0.25, 0.3) is 0 Å². The number of hydrogen-bond acceptors (Lipinski definition) is 3. The fourth-order valence-electron chi connectivity index (χ4n) is 0.982. The minimum absolute atomic E-state index is 0.628. The molecule has 4 heteroatoms. The van der Waals surface area contributed by atoms with Gasteiger partial charge in [-0.2, -0.15) is 5.10 Å². The van der Waals surface area contributed by atoms with E-state index < -0.39 is 0 Å². The Morgan fingerprint density at radius 3 is 3.00 bits per heavy atom. The van der Waals surface area contributed by atoms with E-state index in [1.807, 2.05) is 5.01 Å². The molecule has 0 aliphatic carbocycles. The van der Waals surface area contributed by atoms with Crippen LogP contribution in [0, 0.1) is 0 Å². The maximum atomic E-state index is 5.40. The average molecular weight is 142 g/mol. The van der Waals surface area contributed by atoms with Crippen LogP contribution in [0.5, 0.6) is 0 Å². The molecule has 58 valence electrons.